The molecule has 1 aromatic heterocycles. The van der Waals surface area contributed by atoms with Crippen molar-refractivity contribution in [2.24, 2.45) is 0 Å². The molecule has 0 bridgehead atoms. The van der Waals surface area contributed by atoms with Gasteiger partial charge in [0.1, 0.15) is 0 Å². The predicted molar refractivity (Wildman–Crippen MR) is 94.3 cm³/mol. The van der Waals surface area contributed by atoms with Crippen molar-refractivity contribution in [2.45, 2.75) is 13.0 Å². The van der Waals surface area contributed by atoms with E-state index in [9.17, 15) is 9.59 Å². The molecule has 5 nitrogen and oxygen atoms in total. The van der Waals surface area contributed by atoms with Gasteiger partial charge in [-0.1, -0.05) is 18.2 Å². The lowest BCUT2D eigenvalue weighted by atomic mass is 10.1. The van der Waals surface area contributed by atoms with Gasteiger partial charge < -0.3 is 15.5 Å². The van der Waals surface area contributed by atoms with E-state index in [4.69, 9.17) is 0 Å². The van der Waals surface area contributed by atoms with Crippen molar-refractivity contribution in [2.75, 3.05) is 25.5 Å². The molecule has 0 aliphatic rings. The van der Waals surface area contributed by atoms with Gasteiger partial charge >= 0.3 is 0 Å². The second-order valence-corrected chi connectivity index (χ2v) is 6.21. The molecule has 23 heavy (non-hydrogen) atoms. The average Bonchev–Trinajstić information content (AvgIpc) is 3.12. The number of nitrogens with one attached hydrogen (secondary N) is 2. The number of hydrogen-bond acceptors (Lipinski definition) is 4. The molecule has 2 amide bonds. The second kappa shape index (κ2) is 7.89. The van der Waals surface area contributed by atoms with E-state index in [1.807, 2.05) is 31.5 Å². The molecule has 0 radical (unpaired) electrons. The van der Waals surface area contributed by atoms with Crippen LogP contribution in [0.2, 0.25) is 0 Å². The number of anilines is 1. The molecule has 0 aliphatic heterocycles. The van der Waals surface area contributed by atoms with Crippen LogP contribution in [0.4, 0.5) is 5.69 Å². The fourth-order valence-electron chi connectivity index (χ4n) is 2.08. The average molecular weight is 331 g/mol. The highest BCUT2D eigenvalue weighted by molar-refractivity contribution is 7.12. The highest BCUT2D eigenvalue weighted by atomic mass is 32.1. The van der Waals surface area contributed by atoms with Gasteiger partial charge in [-0.25, -0.2) is 0 Å². The minimum atomic E-state index is -0.187. The zero-order chi connectivity index (χ0) is 16.8. The van der Waals surface area contributed by atoms with Gasteiger partial charge in [-0.05, 0) is 37.6 Å². The molecule has 2 N–H and O–H groups in total. The highest BCUT2D eigenvalue weighted by Gasteiger charge is 2.20. The summed E-state index contributed by atoms with van der Waals surface area (Å²) < 4.78 is 0. The van der Waals surface area contributed by atoms with E-state index in [1.54, 1.807) is 31.3 Å². The predicted octanol–water partition coefficient (Wildman–Crippen LogP) is 2.36. The molecular weight excluding hydrogens is 310 g/mol. The van der Waals surface area contributed by atoms with Crippen LogP contribution < -0.4 is 15.5 Å². The molecule has 0 aliphatic carbocycles. The van der Waals surface area contributed by atoms with E-state index < -0.39 is 0 Å². The topological polar surface area (TPSA) is 61.4 Å². The van der Waals surface area contributed by atoms with Gasteiger partial charge in [0.25, 0.3) is 11.8 Å². The first kappa shape index (κ1) is 17.2. The molecule has 0 fully saturated rings. The number of carbonyl (C=O) groups excluding carboxylic acids is 2. The summed E-state index contributed by atoms with van der Waals surface area (Å²) in [7, 11) is 3.53. The molecular formula is C17H21N3O2S. The van der Waals surface area contributed by atoms with Crippen LogP contribution in [0.1, 0.15) is 27.0 Å². The maximum atomic E-state index is 12.5. The third-order valence-corrected chi connectivity index (χ3v) is 4.47. The Morgan fingerprint density at radius 1 is 1.22 bits per heavy atom. The lowest BCUT2D eigenvalue weighted by molar-refractivity contribution is 0.0951. The number of carbonyl (C=O) groups is 2. The van der Waals surface area contributed by atoms with Gasteiger partial charge in [-0.3, -0.25) is 9.59 Å². The van der Waals surface area contributed by atoms with Crippen LogP contribution in [0.5, 0.6) is 0 Å². The van der Waals surface area contributed by atoms with Crippen LogP contribution in [0.15, 0.2) is 41.8 Å². The molecule has 1 atom stereocenters. The zero-order valence-corrected chi connectivity index (χ0v) is 14.3. The Balaban J connectivity index is 2.20. The molecule has 0 spiro atoms. The first-order valence-electron chi connectivity index (χ1n) is 7.40. The van der Waals surface area contributed by atoms with Crippen molar-refractivity contribution in [3.8, 4) is 0 Å². The van der Waals surface area contributed by atoms with Crippen molar-refractivity contribution in [1.82, 2.24) is 10.6 Å². The number of nitrogens with zero attached hydrogens (tertiary/aromatic N) is 1. The minimum Gasteiger partial charge on any atom is -0.350 e. The lowest BCUT2D eigenvalue weighted by Crippen LogP contribution is -2.38. The molecule has 1 aromatic carbocycles. The third-order valence-electron chi connectivity index (χ3n) is 3.61. The molecule has 0 saturated heterocycles. The second-order valence-electron chi connectivity index (χ2n) is 5.26. The summed E-state index contributed by atoms with van der Waals surface area (Å²) in [5.74, 6) is -0.308. The number of hydrogen-bond donors (Lipinski definition) is 2. The number of amides is 2. The summed E-state index contributed by atoms with van der Waals surface area (Å²) in [5.41, 5.74) is 1.09. The number of rotatable bonds is 6. The normalized spacial score (nSPS) is 11.8. The quantitative estimate of drug-likeness (QED) is 0.854. The third kappa shape index (κ3) is 4.18. The first-order valence-corrected chi connectivity index (χ1v) is 8.28. The molecule has 122 valence electrons. The molecule has 6 heteroatoms. The SMILES string of the molecule is CNC(C)CNC(=O)c1ccccc1N(C)C(=O)c1cccs1. The molecule has 2 aromatic rings. The van der Waals surface area contributed by atoms with Gasteiger partial charge in [0.05, 0.1) is 16.1 Å². The summed E-state index contributed by atoms with van der Waals surface area (Å²) in [6, 6.07) is 10.9. The van der Waals surface area contributed by atoms with Crippen LogP contribution in [0, 0.1) is 0 Å². The Labute approximate surface area is 140 Å². The van der Waals surface area contributed by atoms with Gasteiger partial charge in [0, 0.05) is 19.6 Å². The van der Waals surface area contributed by atoms with Gasteiger partial charge in [-0.15, -0.1) is 11.3 Å². The van der Waals surface area contributed by atoms with E-state index >= 15 is 0 Å². The molecule has 1 unspecified atom stereocenters. The number of thiophene rings is 1. The standard InChI is InChI=1S/C17H21N3O2S/c1-12(18-2)11-19-16(21)13-7-4-5-8-14(13)20(3)17(22)15-9-6-10-23-15/h4-10,12,18H,11H2,1-3H3,(H,19,21). The van der Waals surface area contributed by atoms with E-state index in [-0.39, 0.29) is 17.9 Å². The Bertz CT molecular complexity index is 670. The van der Waals surface area contributed by atoms with Gasteiger partial charge in [0.15, 0.2) is 0 Å². The monoisotopic (exact) mass is 331 g/mol. The molecule has 1 heterocycles. The Kier molecular flexibility index (Phi) is 5.90. The van der Waals surface area contributed by atoms with E-state index in [0.29, 0.717) is 22.7 Å². The van der Waals surface area contributed by atoms with Crippen molar-refractivity contribution in [1.29, 1.82) is 0 Å². The summed E-state index contributed by atoms with van der Waals surface area (Å²) in [6.07, 6.45) is 0. The lowest BCUT2D eigenvalue weighted by Gasteiger charge is -2.20. The fourth-order valence-corrected chi connectivity index (χ4v) is 2.77. The van der Waals surface area contributed by atoms with Gasteiger partial charge in [0.2, 0.25) is 0 Å². The highest BCUT2D eigenvalue weighted by Crippen LogP contribution is 2.22. The molecule has 2 rings (SSSR count). The zero-order valence-electron chi connectivity index (χ0n) is 13.5. The van der Waals surface area contributed by atoms with Crippen LogP contribution >= 0.6 is 11.3 Å². The van der Waals surface area contributed by atoms with Crippen LogP contribution in [-0.2, 0) is 0 Å². The maximum absolute atomic E-state index is 12.5. The largest absolute Gasteiger partial charge is 0.350 e. The van der Waals surface area contributed by atoms with Crippen molar-refractivity contribution >= 4 is 28.8 Å². The van der Waals surface area contributed by atoms with E-state index in [0.717, 1.165) is 0 Å². The number of para-hydroxylation sites is 1. The summed E-state index contributed by atoms with van der Waals surface area (Å²) >= 11 is 1.39. The number of benzene rings is 1. The summed E-state index contributed by atoms with van der Waals surface area (Å²) in [5, 5.41) is 7.81. The van der Waals surface area contributed by atoms with Crippen LogP contribution in [0.25, 0.3) is 0 Å². The maximum Gasteiger partial charge on any atom is 0.268 e. The Morgan fingerprint density at radius 2 is 1.96 bits per heavy atom. The molecule has 0 saturated carbocycles. The van der Waals surface area contributed by atoms with Gasteiger partial charge in [-0.2, -0.15) is 0 Å². The summed E-state index contributed by atoms with van der Waals surface area (Å²) in [4.78, 5) is 27.1. The summed E-state index contributed by atoms with van der Waals surface area (Å²) in [6.45, 7) is 2.50. The van der Waals surface area contributed by atoms with E-state index in [1.165, 1.54) is 16.2 Å². The Morgan fingerprint density at radius 3 is 2.61 bits per heavy atom. The van der Waals surface area contributed by atoms with Crippen LogP contribution in [-0.4, -0.2) is 38.5 Å². The minimum absolute atomic E-state index is 0.121. The number of likely N-dealkylation sites (N-methyl/N-ethyl adjacent to an activating group) is 1. The smallest absolute Gasteiger partial charge is 0.268 e. The van der Waals surface area contributed by atoms with Crippen molar-refractivity contribution < 1.29 is 9.59 Å². The Hall–Kier alpha value is -2.18. The van der Waals surface area contributed by atoms with E-state index in [2.05, 4.69) is 10.6 Å². The van der Waals surface area contributed by atoms with Crippen molar-refractivity contribution in [3.05, 3.63) is 52.2 Å². The van der Waals surface area contributed by atoms with Crippen molar-refractivity contribution in [3.63, 3.8) is 0 Å². The fraction of sp³-hybridized carbons (Fsp3) is 0.294. The first-order chi connectivity index (χ1) is 11.0. The van der Waals surface area contributed by atoms with Crippen LogP contribution in [0.3, 0.4) is 0 Å².